The van der Waals surface area contributed by atoms with Crippen molar-refractivity contribution in [1.82, 2.24) is 0 Å². The normalized spacial score (nSPS) is 13.2. The molecule has 0 heterocycles. The van der Waals surface area contributed by atoms with Crippen LogP contribution in [0, 0.1) is 0 Å². The van der Waals surface area contributed by atoms with Crippen LogP contribution in [0.1, 0.15) is 12.5 Å². The van der Waals surface area contributed by atoms with Gasteiger partial charge >= 0.3 is 11.9 Å². The summed E-state index contributed by atoms with van der Waals surface area (Å²) in [4.78, 5) is 24.7. The van der Waals surface area contributed by atoms with Crippen molar-refractivity contribution >= 4 is 22.7 Å². The topological polar surface area (TPSA) is 82.1 Å². The third kappa shape index (κ3) is 3.19. The van der Waals surface area contributed by atoms with Crippen LogP contribution in [0.4, 0.5) is 0 Å². The molecule has 1 N–H and O–H groups in total. The highest BCUT2D eigenvalue weighted by molar-refractivity contribution is 6.06. The van der Waals surface area contributed by atoms with Crippen molar-refractivity contribution in [3.05, 3.63) is 42.0 Å². The van der Waals surface area contributed by atoms with Gasteiger partial charge in [-0.1, -0.05) is 18.2 Å². The molecule has 0 aliphatic rings. The van der Waals surface area contributed by atoms with Gasteiger partial charge in [0.05, 0.1) is 20.8 Å². The van der Waals surface area contributed by atoms with Crippen molar-refractivity contribution in [2.75, 3.05) is 27.4 Å². The molecule has 6 heteroatoms. The SMILES string of the molecule is COC(=O)C(C)(C(=O)OCCO)c1ccc2cc(OC)ccc2c1. The first-order chi connectivity index (χ1) is 11.5. The zero-order valence-corrected chi connectivity index (χ0v) is 13.9. The lowest BCUT2D eigenvalue weighted by atomic mass is 9.81. The molecule has 6 nitrogen and oxygen atoms in total. The summed E-state index contributed by atoms with van der Waals surface area (Å²) in [7, 11) is 2.80. The fourth-order valence-electron chi connectivity index (χ4n) is 2.47. The number of benzene rings is 2. The molecule has 0 bridgehead atoms. The lowest BCUT2D eigenvalue weighted by Gasteiger charge is -2.25. The van der Waals surface area contributed by atoms with Gasteiger partial charge in [0.25, 0.3) is 0 Å². The minimum absolute atomic E-state index is 0.184. The molecule has 0 spiro atoms. The second kappa shape index (κ2) is 7.31. The number of hydrogen-bond donors (Lipinski definition) is 1. The molecule has 2 aromatic carbocycles. The molecule has 1 unspecified atom stereocenters. The molecule has 0 saturated heterocycles. The van der Waals surface area contributed by atoms with E-state index in [1.807, 2.05) is 12.1 Å². The fraction of sp³-hybridized carbons (Fsp3) is 0.333. The second-order valence-electron chi connectivity index (χ2n) is 5.40. The van der Waals surface area contributed by atoms with E-state index >= 15 is 0 Å². The van der Waals surface area contributed by atoms with Crippen LogP contribution in [0.25, 0.3) is 10.8 Å². The highest BCUT2D eigenvalue weighted by atomic mass is 16.6. The van der Waals surface area contributed by atoms with Crippen molar-refractivity contribution in [3.63, 3.8) is 0 Å². The smallest absolute Gasteiger partial charge is 0.327 e. The van der Waals surface area contributed by atoms with Gasteiger partial charge in [0, 0.05) is 0 Å². The van der Waals surface area contributed by atoms with Crippen molar-refractivity contribution in [3.8, 4) is 5.75 Å². The predicted octanol–water partition coefficient (Wildman–Crippen LogP) is 1.81. The molecule has 2 aromatic rings. The lowest BCUT2D eigenvalue weighted by Crippen LogP contribution is -2.43. The molecule has 0 amide bonds. The molecule has 0 aromatic heterocycles. The van der Waals surface area contributed by atoms with Crippen molar-refractivity contribution in [2.45, 2.75) is 12.3 Å². The number of fused-ring (bicyclic) bond motifs is 1. The quantitative estimate of drug-likeness (QED) is 0.642. The summed E-state index contributed by atoms with van der Waals surface area (Å²) in [5.74, 6) is -0.775. The maximum Gasteiger partial charge on any atom is 0.327 e. The zero-order valence-electron chi connectivity index (χ0n) is 13.9. The molecule has 24 heavy (non-hydrogen) atoms. The average molecular weight is 332 g/mol. The number of rotatable bonds is 6. The van der Waals surface area contributed by atoms with Gasteiger partial charge in [-0.15, -0.1) is 0 Å². The third-order valence-electron chi connectivity index (χ3n) is 3.95. The summed E-state index contributed by atoms with van der Waals surface area (Å²) in [6.07, 6.45) is 0. The Bertz CT molecular complexity index is 754. The van der Waals surface area contributed by atoms with E-state index in [4.69, 9.17) is 19.3 Å². The molecule has 0 fully saturated rings. The summed E-state index contributed by atoms with van der Waals surface area (Å²) in [5, 5.41) is 10.6. The van der Waals surface area contributed by atoms with Crippen LogP contribution in [0.15, 0.2) is 36.4 Å². The number of methoxy groups -OCH3 is 2. The van der Waals surface area contributed by atoms with Crippen LogP contribution in [0.2, 0.25) is 0 Å². The van der Waals surface area contributed by atoms with Crippen molar-refractivity contribution in [1.29, 1.82) is 0 Å². The summed E-state index contributed by atoms with van der Waals surface area (Å²) in [6.45, 7) is 0.944. The van der Waals surface area contributed by atoms with Gasteiger partial charge in [0.15, 0.2) is 5.41 Å². The minimum atomic E-state index is -1.61. The van der Waals surface area contributed by atoms with E-state index in [-0.39, 0.29) is 13.2 Å². The monoisotopic (exact) mass is 332 g/mol. The van der Waals surface area contributed by atoms with Gasteiger partial charge in [-0.05, 0) is 41.5 Å². The molecule has 0 saturated carbocycles. The number of ether oxygens (including phenoxy) is 3. The van der Waals surface area contributed by atoms with Crippen LogP contribution >= 0.6 is 0 Å². The van der Waals surface area contributed by atoms with Crippen LogP contribution in [-0.4, -0.2) is 44.5 Å². The predicted molar refractivity (Wildman–Crippen MR) is 87.9 cm³/mol. The Labute approximate surface area is 139 Å². The van der Waals surface area contributed by atoms with E-state index in [1.165, 1.54) is 14.0 Å². The number of carbonyl (C=O) groups is 2. The van der Waals surface area contributed by atoms with Gasteiger partial charge in [-0.2, -0.15) is 0 Å². The Hall–Kier alpha value is -2.60. The van der Waals surface area contributed by atoms with E-state index in [1.54, 1.807) is 31.4 Å². The first-order valence-corrected chi connectivity index (χ1v) is 7.42. The first kappa shape index (κ1) is 17.7. The van der Waals surface area contributed by atoms with Gasteiger partial charge in [-0.25, -0.2) is 0 Å². The molecule has 1 atom stereocenters. The molecular weight excluding hydrogens is 312 g/mol. The van der Waals surface area contributed by atoms with E-state index in [2.05, 4.69) is 0 Å². The number of esters is 2. The van der Waals surface area contributed by atoms with E-state index in [0.29, 0.717) is 11.3 Å². The van der Waals surface area contributed by atoms with Gasteiger partial charge < -0.3 is 19.3 Å². The van der Waals surface area contributed by atoms with Gasteiger partial charge in [0.1, 0.15) is 12.4 Å². The summed E-state index contributed by atoms with van der Waals surface area (Å²) in [5.41, 5.74) is -1.16. The van der Waals surface area contributed by atoms with Gasteiger partial charge in [-0.3, -0.25) is 9.59 Å². The summed E-state index contributed by atoms with van der Waals surface area (Å²) < 4.78 is 15.0. The second-order valence-corrected chi connectivity index (χ2v) is 5.40. The molecule has 0 radical (unpaired) electrons. The Kier molecular flexibility index (Phi) is 5.41. The van der Waals surface area contributed by atoms with Crippen LogP contribution < -0.4 is 4.74 Å². The van der Waals surface area contributed by atoms with Crippen molar-refractivity contribution in [2.24, 2.45) is 0 Å². The Morgan fingerprint density at radius 2 is 1.71 bits per heavy atom. The standard InChI is InChI=1S/C18H20O6/c1-18(16(20)23-3,17(21)24-9-8-19)14-6-4-13-11-15(22-2)7-5-12(13)10-14/h4-7,10-11,19H,8-9H2,1-3H3. The molecular formula is C18H20O6. The molecule has 2 rings (SSSR count). The van der Waals surface area contributed by atoms with Crippen LogP contribution in [-0.2, 0) is 24.5 Å². The zero-order chi connectivity index (χ0) is 17.7. The largest absolute Gasteiger partial charge is 0.497 e. The van der Waals surface area contributed by atoms with E-state index in [0.717, 1.165) is 10.8 Å². The van der Waals surface area contributed by atoms with E-state index < -0.39 is 17.4 Å². The molecule has 128 valence electrons. The number of hydrogen-bond acceptors (Lipinski definition) is 6. The fourth-order valence-corrected chi connectivity index (χ4v) is 2.47. The summed E-state index contributed by atoms with van der Waals surface area (Å²) >= 11 is 0. The van der Waals surface area contributed by atoms with Gasteiger partial charge in [0.2, 0.25) is 0 Å². The van der Waals surface area contributed by atoms with Crippen LogP contribution in [0.5, 0.6) is 5.75 Å². The highest BCUT2D eigenvalue weighted by Gasteiger charge is 2.46. The Morgan fingerprint density at radius 3 is 2.33 bits per heavy atom. The number of aliphatic hydroxyl groups is 1. The average Bonchev–Trinajstić information content (AvgIpc) is 2.63. The molecule has 0 aliphatic carbocycles. The first-order valence-electron chi connectivity index (χ1n) is 7.42. The Morgan fingerprint density at radius 1 is 1.04 bits per heavy atom. The molecule has 0 aliphatic heterocycles. The maximum atomic E-state index is 12.4. The Balaban J connectivity index is 2.51. The number of carbonyl (C=O) groups excluding carboxylic acids is 2. The third-order valence-corrected chi connectivity index (χ3v) is 3.95. The summed E-state index contributed by atoms with van der Waals surface area (Å²) in [6, 6.07) is 10.7. The van der Waals surface area contributed by atoms with E-state index in [9.17, 15) is 9.59 Å². The number of aliphatic hydroxyl groups excluding tert-OH is 1. The van der Waals surface area contributed by atoms with Crippen molar-refractivity contribution < 1.29 is 28.9 Å². The maximum absolute atomic E-state index is 12.4. The lowest BCUT2D eigenvalue weighted by molar-refractivity contribution is -0.163. The highest BCUT2D eigenvalue weighted by Crippen LogP contribution is 2.31. The van der Waals surface area contributed by atoms with Crippen LogP contribution in [0.3, 0.4) is 0 Å². The minimum Gasteiger partial charge on any atom is -0.497 e.